The maximum atomic E-state index is 3.78. The Morgan fingerprint density at radius 3 is 2.80 bits per heavy atom. The quantitative estimate of drug-likeness (QED) is 0.533. The van der Waals surface area contributed by atoms with Gasteiger partial charge in [-0.2, -0.15) is 0 Å². The second-order valence-electron chi connectivity index (χ2n) is 3.00. The fraction of sp³-hybridized carbons (Fsp3) is 0.556. The Balaban J connectivity index is 2.70. The van der Waals surface area contributed by atoms with Gasteiger partial charge < -0.3 is 4.90 Å². The lowest BCUT2D eigenvalue weighted by Gasteiger charge is -2.24. The van der Waals surface area contributed by atoms with Crippen molar-refractivity contribution in [2.75, 3.05) is 20.1 Å². The Hall–Kier alpha value is -0.560. The third kappa shape index (κ3) is 1.48. The first-order chi connectivity index (χ1) is 4.74. The molecule has 10 heavy (non-hydrogen) atoms. The van der Waals surface area contributed by atoms with Crippen LogP contribution in [0.25, 0.3) is 0 Å². The van der Waals surface area contributed by atoms with Crippen LogP contribution in [0, 0.1) is 0 Å². The summed E-state index contributed by atoms with van der Waals surface area (Å²) in [4.78, 5) is 2.34. The van der Waals surface area contributed by atoms with Gasteiger partial charge in [-0.15, -0.1) is 0 Å². The Labute approximate surface area is 63.0 Å². The minimum atomic E-state index is 1.11. The van der Waals surface area contributed by atoms with E-state index >= 15 is 0 Å². The summed E-state index contributed by atoms with van der Waals surface area (Å²) in [5, 5.41) is 0. The topological polar surface area (TPSA) is 3.24 Å². The van der Waals surface area contributed by atoms with E-state index in [4.69, 9.17) is 0 Å². The molecule has 0 aromatic carbocycles. The summed E-state index contributed by atoms with van der Waals surface area (Å²) in [5.41, 5.74) is 2.92. The van der Waals surface area contributed by atoms with E-state index in [0.29, 0.717) is 0 Å². The fourth-order valence-electron chi connectivity index (χ4n) is 1.39. The zero-order valence-corrected chi connectivity index (χ0v) is 6.85. The number of nitrogens with zero attached hydrogens (tertiary/aromatic N) is 1. The molecule has 1 rings (SSSR count). The molecule has 0 amide bonds. The van der Waals surface area contributed by atoms with Crippen molar-refractivity contribution in [2.24, 2.45) is 0 Å². The number of allylic oxidation sites excluding steroid dienone is 1. The first-order valence-electron chi connectivity index (χ1n) is 3.73. The van der Waals surface area contributed by atoms with Gasteiger partial charge in [0.1, 0.15) is 0 Å². The van der Waals surface area contributed by atoms with Crippen molar-refractivity contribution < 1.29 is 0 Å². The zero-order chi connectivity index (χ0) is 7.56. The first kappa shape index (κ1) is 7.55. The minimum absolute atomic E-state index is 1.11. The zero-order valence-electron chi connectivity index (χ0n) is 6.85. The molecule has 1 aliphatic heterocycles. The molecule has 1 aliphatic rings. The molecule has 1 nitrogen and oxygen atoms in total. The molecule has 0 aromatic rings. The van der Waals surface area contributed by atoms with Crippen LogP contribution in [0.15, 0.2) is 23.8 Å². The van der Waals surface area contributed by atoms with Crippen molar-refractivity contribution >= 4 is 0 Å². The van der Waals surface area contributed by atoms with E-state index in [1.807, 2.05) is 6.08 Å². The van der Waals surface area contributed by atoms with Crippen molar-refractivity contribution in [3.8, 4) is 0 Å². The van der Waals surface area contributed by atoms with E-state index in [1.165, 1.54) is 24.1 Å². The SMILES string of the molecule is C=CC1=C(C)CN(C)CC1. The van der Waals surface area contributed by atoms with Gasteiger partial charge in [-0.25, -0.2) is 0 Å². The summed E-state index contributed by atoms with van der Waals surface area (Å²) >= 11 is 0. The molecular weight excluding hydrogens is 122 g/mol. The van der Waals surface area contributed by atoms with Crippen LogP contribution in [-0.4, -0.2) is 25.0 Å². The summed E-state index contributed by atoms with van der Waals surface area (Å²) in [6.45, 7) is 8.26. The van der Waals surface area contributed by atoms with Crippen LogP contribution in [0.3, 0.4) is 0 Å². The van der Waals surface area contributed by atoms with E-state index in [1.54, 1.807) is 0 Å². The predicted octanol–water partition coefficient (Wildman–Crippen LogP) is 1.82. The van der Waals surface area contributed by atoms with Crippen molar-refractivity contribution in [3.05, 3.63) is 23.8 Å². The van der Waals surface area contributed by atoms with Gasteiger partial charge in [0.05, 0.1) is 0 Å². The minimum Gasteiger partial charge on any atom is -0.302 e. The third-order valence-electron chi connectivity index (χ3n) is 2.06. The van der Waals surface area contributed by atoms with Crippen LogP contribution in [-0.2, 0) is 0 Å². The fourth-order valence-corrected chi connectivity index (χ4v) is 1.39. The van der Waals surface area contributed by atoms with Gasteiger partial charge in [0.2, 0.25) is 0 Å². The number of likely N-dealkylation sites (N-methyl/N-ethyl adjacent to an activating group) is 1. The Kier molecular flexibility index (Phi) is 2.28. The van der Waals surface area contributed by atoms with Crippen LogP contribution < -0.4 is 0 Å². The molecule has 0 bridgehead atoms. The van der Waals surface area contributed by atoms with Crippen molar-refractivity contribution in [3.63, 3.8) is 0 Å². The van der Waals surface area contributed by atoms with E-state index in [2.05, 4.69) is 25.5 Å². The molecule has 0 fully saturated rings. The molecule has 0 radical (unpaired) electrons. The largest absolute Gasteiger partial charge is 0.302 e. The maximum absolute atomic E-state index is 3.78. The van der Waals surface area contributed by atoms with Crippen LogP contribution in [0.1, 0.15) is 13.3 Å². The molecular formula is C9H15N. The Morgan fingerprint density at radius 1 is 1.60 bits per heavy atom. The molecule has 0 N–H and O–H groups in total. The summed E-state index contributed by atoms with van der Waals surface area (Å²) in [5.74, 6) is 0. The van der Waals surface area contributed by atoms with E-state index in [9.17, 15) is 0 Å². The first-order valence-corrected chi connectivity index (χ1v) is 3.73. The molecule has 1 heterocycles. The molecule has 0 saturated carbocycles. The van der Waals surface area contributed by atoms with Crippen molar-refractivity contribution in [1.29, 1.82) is 0 Å². The summed E-state index contributed by atoms with van der Waals surface area (Å²) < 4.78 is 0. The molecule has 56 valence electrons. The predicted molar refractivity (Wildman–Crippen MR) is 45.0 cm³/mol. The Morgan fingerprint density at radius 2 is 2.30 bits per heavy atom. The highest BCUT2D eigenvalue weighted by atomic mass is 15.1. The standard InChI is InChI=1S/C9H15N/c1-4-9-5-6-10(3)7-8(9)2/h4H,1,5-7H2,2-3H3. The lowest BCUT2D eigenvalue weighted by atomic mass is 10.0. The lowest BCUT2D eigenvalue weighted by Crippen LogP contribution is -2.26. The number of hydrogen-bond acceptors (Lipinski definition) is 1. The molecule has 0 saturated heterocycles. The molecule has 0 spiro atoms. The van der Waals surface area contributed by atoms with Crippen LogP contribution in [0.4, 0.5) is 0 Å². The second kappa shape index (κ2) is 3.02. The van der Waals surface area contributed by atoms with Crippen molar-refractivity contribution in [1.82, 2.24) is 4.90 Å². The summed E-state index contributed by atoms with van der Waals surface area (Å²) in [6.07, 6.45) is 3.16. The summed E-state index contributed by atoms with van der Waals surface area (Å²) in [6, 6.07) is 0. The smallest absolute Gasteiger partial charge is 0.0193 e. The van der Waals surface area contributed by atoms with Gasteiger partial charge in [0.15, 0.2) is 0 Å². The van der Waals surface area contributed by atoms with Gasteiger partial charge in [0, 0.05) is 13.1 Å². The van der Waals surface area contributed by atoms with Crippen molar-refractivity contribution in [2.45, 2.75) is 13.3 Å². The second-order valence-corrected chi connectivity index (χ2v) is 3.00. The normalized spacial score (nSPS) is 21.4. The average molecular weight is 137 g/mol. The van der Waals surface area contributed by atoms with E-state index in [-0.39, 0.29) is 0 Å². The highest BCUT2D eigenvalue weighted by molar-refractivity contribution is 5.25. The van der Waals surface area contributed by atoms with Crippen LogP contribution >= 0.6 is 0 Å². The highest BCUT2D eigenvalue weighted by Gasteiger charge is 2.09. The maximum Gasteiger partial charge on any atom is 0.0193 e. The van der Waals surface area contributed by atoms with E-state index < -0.39 is 0 Å². The highest BCUT2D eigenvalue weighted by Crippen LogP contribution is 2.16. The molecule has 0 unspecified atom stereocenters. The van der Waals surface area contributed by atoms with Crippen LogP contribution in [0.2, 0.25) is 0 Å². The average Bonchev–Trinajstić information content (AvgIpc) is 1.88. The lowest BCUT2D eigenvalue weighted by molar-refractivity contribution is 0.350. The van der Waals surface area contributed by atoms with Gasteiger partial charge in [-0.1, -0.05) is 18.2 Å². The van der Waals surface area contributed by atoms with Gasteiger partial charge in [0.25, 0.3) is 0 Å². The van der Waals surface area contributed by atoms with Gasteiger partial charge in [-0.05, 0) is 26.0 Å². The van der Waals surface area contributed by atoms with Crippen LogP contribution in [0.5, 0.6) is 0 Å². The molecule has 1 heteroatoms. The Bertz CT molecular complexity index is 168. The third-order valence-corrected chi connectivity index (χ3v) is 2.06. The molecule has 0 aliphatic carbocycles. The van der Waals surface area contributed by atoms with Gasteiger partial charge in [-0.3, -0.25) is 0 Å². The number of rotatable bonds is 1. The van der Waals surface area contributed by atoms with Gasteiger partial charge >= 0.3 is 0 Å². The number of hydrogen-bond donors (Lipinski definition) is 0. The molecule has 0 atom stereocenters. The van der Waals surface area contributed by atoms with E-state index in [0.717, 1.165) is 6.54 Å². The summed E-state index contributed by atoms with van der Waals surface area (Å²) in [7, 11) is 2.16. The monoisotopic (exact) mass is 137 g/mol. The molecule has 0 aromatic heterocycles.